The van der Waals surface area contributed by atoms with Crippen molar-refractivity contribution in [3.05, 3.63) is 0 Å². The van der Waals surface area contributed by atoms with Crippen LogP contribution in [0.4, 0.5) is 0 Å². The highest BCUT2D eigenvalue weighted by Crippen LogP contribution is 3.00. The predicted octanol–water partition coefficient (Wildman–Crippen LogP) is -1.89. The molecule has 2 nitrogen and oxygen atoms in total. The van der Waals surface area contributed by atoms with Crippen molar-refractivity contribution >= 4 is 13.2 Å². The van der Waals surface area contributed by atoms with E-state index in [0.717, 1.165) is 19.8 Å². The molecular weight excluding hydrogens is 85.7 g/mol. The highest BCUT2D eigenvalue weighted by Gasteiger charge is 3.19. The van der Waals surface area contributed by atoms with Crippen molar-refractivity contribution in [1.29, 1.82) is 0 Å². The van der Waals surface area contributed by atoms with Gasteiger partial charge in [0.05, 0.1) is 0 Å². The molecule has 0 unspecified atom stereocenters. The smallest absolute Gasteiger partial charge is 0.124 e. The van der Waals surface area contributed by atoms with E-state index in [1.165, 1.54) is 0 Å². The molecule has 0 aromatic rings. The number of hydrogen-bond acceptors (Lipinski definition) is 2. The van der Waals surface area contributed by atoms with Gasteiger partial charge in [-0.15, -0.1) is 0 Å². The lowest BCUT2D eigenvalue weighted by Gasteiger charge is -1.84. The van der Waals surface area contributed by atoms with Crippen LogP contribution in [0.15, 0.2) is 0 Å². The molecule has 4 fully saturated rings. The molecule has 0 aromatic carbocycles. The van der Waals surface area contributed by atoms with E-state index < -0.39 is 0 Å². The summed E-state index contributed by atoms with van der Waals surface area (Å²) in [5.74, 6) is 0. The van der Waals surface area contributed by atoms with Crippen molar-refractivity contribution in [2.45, 2.75) is 10.6 Å². The van der Waals surface area contributed by atoms with Crippen LogP contribution < -0.4 is 11.5 Å². The van der Waals surface area contributed by atoms with Gasteiger partial charge in [-0.1, -0.05) is 5.21 Å². The van der Waals surface area contributed by atoms with Crippen molar-refractivity contribution in [3.8, 4) is 0 Å². The van der Waals surface area contributed by atoms with Gasteiger partial charge in [0.25, 0.3) is 0 Å². The van der Waals surface area contributed by atoms with Crippen LogP contribution in [0.5, 0.6) is 0 Å². The number of rotatable bonds is 1. The minimum Gasteiger partial charge on any atom is -0.341 e. The minimum absolute atomic E-state index is 0.321. The summed E-state index contributed by atoms with van der Waals surface area (Å²) >= 11 is 0. The van der Waals surface area contributed by atoms with Crippen LogP contribution in [0.1, 0.15) is 0 Å². The van der Waals surface area contributed by atoms with E-state index >= 15 is 0 Å². The maximum atomic E-state index is 5.74. The first-order valence-electron chi connectivity index (χ1n) is 2.79. The Kier molecular flexibility index (Phi) is 0.191. The van der Waals surface area contributed by atoms with Crippen molar-refractivity contribution < 1.29 is 0 Å². The average Bonchev–Trinajstić information content (AvgIpc) is 2.38. The topological polar surface area (TPSA) is 52.0 Å². The second kappa shape index (κ2) is 0.425. The van der Waals surface area contributed by atoms with Gasteiger partial charge in [0, 0.05) is 0 Å². The lowest BCUT2D eigenvalue weighted by Crippen LogP contribution is -2.06. The van der Waals surface area contributed by atoms with E-state index in [2.05, 4.69) is 0 Å². The Morgan fingerprint density at radius 1 is 1.43 bits per heavy atom. The molecule has 7 heavy (non-hydrogen) atoms. The largest absolute Gasteiger partial charge is 0.341 e. The molecule has 0 saturated carbocycles. The fraction of sp³-hybridized carbons (Fsp3) is 1.00. The third-order valence-corrected chi connectivity index (χ3v) is 3.23. The zero-order valence-electron chi connectivity index (χ0n) is 4.02. The Hall–Kier alpha value is 0.0499. The Morgan fingerprint density at radius 2 is 1.86 bits per heavy atom. The zero-order chi connectivity index (χ0) is 4.86. The van der Waals surface area contributed by atoms with Gasteiger partial charge in [-0.05, 0) is 11.9 Å². The summed E-state index contributed by atoms with van der Waals surface area (Å²) in [6, 6.07) is 0. The van der Waals surface area contributed by atoms with E-state index in [0.29, 0.717) is 10.6 Å². The summed E-state index contributed by atoms with van der Waals surface area (Å²) in [6.45, 7) is 2.63. The first kappa shape index (κ1) is 3.15. The molecule has 4 rings (SSSR count). The molecule has 0 radical (unpaired) electrons. The summed E-state index contributed by atoms with van der Waals surface area (Å²) < 4.78 is 0. The van der Waals surface area contributed by atoms with Crippen LogP contribution in [0.25, 0.3) is 0 Å². The Bertz CT molecular complexity index is 158. The van der Waals surface area contributed by atoms with E-state index in [1.54, 1.807) is 0 Å². The van der Waals surface area contributed by atoms with Crippen molar-refractivity contribution in [2.24, 2.45) is 11.5 Å². The maximum absolute atomic E-state index is 5.74. The van der Waals surface area contributed by atoms with Gasteiger partial charge < -0.3 is 11.5 Å². The van der Waals surface area contributed by atoms with Crippen LogP contribution in [0.2, 0.25) is 5.21 Å². The van der Waals surface area contributed by atoms with Crippen LogP contribution in [0.3, 0.4) is 0 Å². The quantitative estimate of drug-likeness (QED) is 0.371. The minimum atomic E-state index is 0.321. The fourth-order valence-corrected chi connectivity index (χ4v) is 2.27. The van der Waals surface area contributed by atoms with Gasteiger partial charge in [0.2, 0.25) is 0 Å². The Morgan fingerprint density at radius 3 is 1.86 bits per heavy atom. The van der Waals surface area contributed by atoms with E-state index in [-0.39, 0.29) is 0 Å². The van der Waals surface area contributed by atoms with Gasteiger partial charge in [0.15, 0.2) is 0 Å². The maximum Gasteiger partial charge on any atom is 0.124 e. The monoisotopic (exact) mass is 92.1 g/mol. The normalized spacial score (nSPS) is 67.7. The molecular formula is C3H6B2N2. The average molecular weight is 91.7 g/mol. The van der Waals surface area contributed by atoms with Crippen LogP contribution >= 0.6 is 0 Å². The molecule has 4 saturated heterocycles. The molecule has 0 aliphatic carbocycles. The first-order valence-corrected chi connectivity index (χ1v) is 2.79. The van der Waals surface area contributed by atoms with Crippen molar-refractivity contribution in [1.82, 2.24) is 0 Å². The predicted molar refractivity (Wildman–Crippen MR) is 30.2 cm³/mol. The van der Waals surface area contributed by atoms with E-state index in [4.69, 9.17) is 11.5 Å². The van der Waals surface area contributed by atoms with Gasteiger partial charge in [0.1, 0.15) is 13.2 Å². The van der Waals surface area contributed by atoms with Crippen molar-refractivity contribution in [2.75, 3.05) is 6.54 Å². The Labute approximate surface area is 42.8 Å². The fourth-order valence-electron chi connectivity index (χ4n) is 2.27. The standard InChI is InChI=1S/C3H6B2N2/c6-1-2-3(7)4(2)5(2)3/h1,6-7H2. The van der Waals surface area contributed by atoms with E-state index in [9.17, 15) is 0 Å². The summed E-state index contributed by atoms with van der Waals surface area (Å²) in [5, 5.41) is 0.856. The number of nitrogens with two attached hydrogens (primary N) is 2. The lowest BCUT2D eigenvalue weighted by atomic mass is 9.81. The second-order valence-electron chi connectivity index (χ2n) is 3.13. The molecule has 4 heteroatoms. The van der Waals surface area contributed by atoms with Crippen molar-refractivity contribution in [3.63, 3.8) is 0 Å². The molecule has 34 valence electrons. The lowest BCUT2D eigenvalue weighted by molar-refractivity contribution is 0.896. The first-order chi connectivity index (χ1) is 3.30. The molecule has 4 aliphatic rings. The van der Waals surface area contributed by atoms with Gasteiger partial charge in [-0.2, -0.15) is 0 Å². The zero-order valence-corrected chi connectivity index (χ0v) is 4.02. The van der Waals surface area contributed by atoms with Crippen LogP contribution in [-0.2, 0) is 0 Å². The molecule has 0 atom stereocenters. The van der Waals surface area contributed by atoms with Crippen LogP contribution in [0, 0.1) is 0 Å². The second-order valence-corrected chi connectivity index (χ2v) is 3.13. The summed E-state index contributed by atoms with van der Waals surface area (Å²) in [5.41, 5.74) is 11.2. The van der Waals surface area contributed by atoms with Crippen LogP contribution in [-0.4, -0.2) is 25.1 Å². The summed E-state index contributed by atoms with van der Waals surface area (Å²) in [4.78, 5) is 0. The van der Waals surface area contributed by atoms with Gasteiger partial charge in [-0.3, -0.25) is 0 Å². The summed E-state index contributed by atoms with van der Waals surface area (Å²) in [6.07, 6.45) is 0. The Balaban J connectivity index is 2.08. The molecule has 0 bridgehead atoms. The highest BCUT2D eigenvalue weighted by atomic mass is 15.0. The summed E-state index contributed by atoms with van der Waals surface area (Å²) in [7, 11) is 0. The molecule has 4 aliphatic heterocycles. The van der Waals surface area contributed by atoms with Gasteiger partial charge in [-0.25, -0.2) is 0 Å². The molecule has 0 amide bonds. The molecule has 4 N–H and O–H groups in total. The third-order valence-electron chi connectivity index (χ3n) is 3.23. The molecule has 4 heterocycles. The molecule has 0 spiro atoms. The SMILES string of the molecule is NCC12B3B1C32N. The number of hydrogen-bond donors (Lipinski definition) is 2. The van der Waals surface area contributed by atoms with Gasteiger partial charge >= 0.3 is 0 Å². The third kappa shape index (κ3) is 0.0966. The molecule has 0 aromatic heterocycles. The highest BCUT2D eigenvalue weighted by molar-refractivity contribution is 7.79. The van der Waals surface area contributed by atoms with E-state index in [1.807, 2.05) is 0 Å².